The summed E-state index contributed by atoms with van der Waals surface area (Å²) < 4.78 is 7.27. The first kappa shape index (κ1) is 18.4. The first-order valence-corrected chi connectivity index (χ1v) is 9.84. The van der Waals surface area contributed by atoms with Crippen LogP contribution in [0.5, 0.6) is 5.75 Å². The molecule has 0 spiro atoms. The van der Waals surface area contributed by atoms with Crippen molar-refractivity contribution in [1.82, 2.24) is 19.8 Å². The van der Waals surface area contributed by atoms with Gasteiger partial charge >= 0.3 is 6.03 Å². The number of imide groups is 1. The molecule has 144 valence electrons. The van der Waals surface area contributed by atoms with Crippen molar-refractivity contribution in [2.24, 2.45) is 0 Å². The molecule has 3 amide bonds. The highest BCUT2D eigenvalue weighted by atomic mass is 32.2. The molecule has 0 unspecified atom stereocenters. The molecular formula is C20H20N4O3S. The fraction of sp³-hybridized carbons (Fsp3) is 0.250. The minimum Gasteiger partial charge on any atom is -0.497 e. The normalized spacial score (nSPS) is 14.9. The number of thioether (sulfide) groups is 1. The van der Waals surface area contributed by atoms with Crippen LogP contribution in [0.4, 0.5) is 4.79 Å². The monoisotopic (exact) mass is 396 g/mol. The SMILES string of the molecule is COc1ccc(-n2c(S[C@H](C)C(=O)N3CCNC3=O)nc3ccccc32)cc1. The number of hydrogen-bond donors (Lipinski definition) is 1. The Morgan fingerprint density at radius 2 is 1.96 bits per heavy atom. The second kappa shape index (κ2) is 7.55. The highest BCUT2D eigenvalue weighted by Gasteiger charge is 2.31. The smallest absolute Gasteiger partial charge is 0.324 e. The number of benzene rings is 2. The molecule has 1 fully saturated rings. The number of methoxy groups -OCH3 is 1. The first-order chi connectivity index (χ1) is 13.6. The lowest BCUT2D eigenvalue weighted by molar-refractivity contribution is -0.126. The van der Waals surface area contributed by atoms with Gasteiger partial charge in [0.15, 0.2) is 5.16 Å². The van der Waals surface area contributed by atoms with Crippen molar-refractivity contribution in [3.05, 3.63) is 48.5 Å². The summed E-state index contributed by atoms with van der Waals surface area (Å²) in [4.78, 5) is 30.5. The second-order valence-electron chi connectivity index (χ2n) is 6.40. The molecule has 3 aromatic rings. The Balaban J connectivity index is 1.70. The molecule has 1 N–H and O–H groups in total. The number of urea groups is 1. The number of imidazole rings is 1. The molecule has 2 aromatic carbocycles. The van der Waals surface area contributed by atoms with Gasteiger partial charge in [0.1, 0.15) is 5.75 Å². The number of aromatic nitrogens is 2. The predicted octanol–water partition coefficient (Wildman–Crippen LogP) is 3.07. The number of hydrogen-bond acceptors (Lipinski definition) is 5. The molecule has 1 aliphatic rings. The van der Waals surface area contributed by atoms with Crippen molar-refractivity contribution >= 4 is 34.7 Å². The lowest BCUT2D eigenvalue weighted by atomic mass is 10.2. The summed E-state index contributed by atoms with van der Waals surface area (Å²) >= 11 is 1.35. The zero-order chi connectivity index (χ0) is 19.7. The highest BCUT2D eigenvalue weighted by molar-refractivity contribution is 8.00. The van der Waals surface area contributed by atoms with Crippen LogP contribution in [0.15, 0.2) is 53.7 Å². The molecule has 0 radical (unpaired) electrons. The Labute approximate surface area is 166 Å². The quantitative estimate of drug-likeness (QED) is 0.671. The average molecular weight is 396 g/mol. The van der Waals surface area contributed by atoms with Crippen molar-refractivity contribution in [2.75, 3.05) is 20.2 Å². The van der Waals surface area contributed by atoms with Gasteiger partial charge < -0.3 is 10.1 Å². The zero-order valence-electron chi connectivity index (χ0n) is 15.6. The molecule has 2 heterocycles. The Morgan fingerprint density at radius 1 is 1.21 bits per heavy atom. The largest absolute Gasteiger partial charge is 0.497 e. The third kappa shape index (κ3) is 3.31. The van der Waals surface area contributed by atoms with E-state index in [9.17, 15) is 9.59 Å². The maximum Gasteiger partial charge on any atom is 0.324 e. The van der Waals surface area contributed by atoms with E-state index in [2.05, 4.69) is 5.32 Å². The zero-order valence-corrected chi connectivity index (χ0v) is 16.4. The van der Waals surface area contributed by atoms with Crippen LogP contribution in [0, 0.1) is 0 Å². The van der Waals surface area contributed by atoms with Crippen molar-refractivity contribution in [3.63, 3.8) is 0 Å². The first-order valence-electron chi connectivity index (χ1n) is 8.96. The number of carbonyl (C=O) groups is 2. The fourth-order valence-corrected chi connectivity index (χ4v) is 4.18. The van der Waals surface area contributed by atoms with E-state index in [1.54, 1.807) is 14.0 Å². The third-order valence-corrected chi connectivity index (χ3v) is 5.65. The molecule has 7 nitrogen and oxygen atoms in total. The minimum absolute atomic E-state index is 0.215. The Hall–Kier alpha value is -3.00. The molecule has 0 bridgehead atoms. The topological polar surface area (TPSA) is 76.5 Å². The number of ether oxygens (including phenoxy) is 1. The number of fused-ring (bicyclic) bond motifs is 1. The van der Waals surface area contributed by atoms with E-state index < -0.39 is 5.25 Å². The fourth-order valence-electron chi connectivity index (χ4n) is 3.17. The van der Waals surface area contributed by atoms with Crippen molar-refractivity contribution in [3.8, 4) is 11.4 Å². The van der Waals surface area contributed by atoms with Crippen LogP contribution in [0.1, 0.15) is 6.92 Å². The van der Waals surface area contributed by atoms with Crippen molar-refractivity contribution < 1.29 is 14.3 Å². The van der Waals surface area contributed by atoms with Gasteiger partial charge in [-0.2, -0.15) is 0 Å². The van der Waals surface area contributed by atoms with E-state index in [4.69, 9.17) is 9.72 Å². The Kier molecular flexibility index (Phi) is 4.95. The summed E-state index contributed by atoms with van der Waals surface area (Å²) in [6.45, 7) is 2.69. The van der Waals surface area contributed by atoms with Crippen molar-refractivity contribution in [1.29, 1.82) is 0 Å². The maximum absolute atomic E-state index is 12.7. The van der Waals surface area contributed by atoms with Gasteiger partial charge in [0, 0.05) is 18.8 Å². The van der Waals surface area contributed by atoms with Crippen LogP contribution >= 0.6 is 11.8 Å². The van der Waals surface area contributed by atoms with Crippen LogP contribution in [0.2, 0.25) is 0 Å². The highest BCUT2D eigenvalue weighted by Crippen LogP contribution is 2.31. The standard InChI is InChI=1S/C20H20N4O3S/c1-13(18(25)23-12-11-21-19(23)26)28-20-22-16-5-3-4-6-17(16)24(20)14-7-9-15(27-2)10-8-14/h3-10,13H,11-12H2,1-2H3,(H,21,26)/t13-/m1/s1. The van der Waals surface area contributed by atoms with E-state index in [1.807, 2.05) is 53.1 Å². The molecule has 28 heavy (non-hydrogen) atoms. The number of carbonyl (C=O) groups excluding carboxylic acids is 2. The summed E-state index contributed by atoms with van der Waals surface area (Å²) in [6, 6.07) is 15.2. The van der Waals surface area contributed by atoms with Gasteiger partial charge in [-0.1, -0.05) is 23.9 Å². The lowest BCUT2D eigenvalue weighted by Crippen LogP contribution is -2.39. The van der Waals surface area contributed by atoms with Gasteiger partial charge in [0.05, 0.1) is 23.4 Å². The lowest BCUT2D eigenvalue weighted by Gasteiger charge is -2.18. The number of nitrogens with zero attached hydrogens (tertiary/aromatic N) is 3. The molecular weight excluding hydrogens is 376 g/mol. The summed E-state index contributed by atoms with van der Waals surface area (Å²) in [5.74, 6) is 0.555. The van der Waals surface area contributed by atoms with Crippen LogP contribution in [-0.2, 0) is 4.79 Å². The summed E-state index contributed by atoms with van der Waals surface area (Å²) in [5.41, 5.74) is 2.73. The van der Waals surface area contributed by atoms with Gasteiger partial charge in [0.2, 0.25) is 5.91 Å². The Bertz CT molecular complexity index is 1030. The third-order valence-electron chi connectivity index (χ3n) is 4.61. The maximum atomic E-state index is 12.7. The molecule has 1 aliphatic heterocycles. The Morgan fingerprint density at radius 3 is 2.64 bits per heavy atom. The van der Waals surface area contributed by atoms with E-state index in [0.717, 1.165) is 22.5 Å². The van der Waals surface area contributed by atoms with Crippen molar-refractivity contribution in [2.45, 2.75) is 17.3 Å². The van der Waals surface area contributed by atoms with Gasteiger partial charge in [-0.3, -0.25) is 14.3 Å². The molecule has 8 heteroatoms. The van der Waals surface area contributed by atoms with Crippen LogP contribution in [0.25, 0.3) is 16.7 Å². The molecule has 1 atom stereocenters. The van der Waals surface area contributed by atoms with E-state index in [1.165, 1.54) is 16.7 Å². The number of nitrogens with one attached hydrogen (secondary N) is 1. The van der Waals surface area contributed by atoms with Crippen LogP contribution < -0.4 is 10.1 Å². The number of para-hydroxylation sites is 2. The summed E-state index contributed by atoms with van der Waals surface area (Å²) in [7, 11) is 1.63. The van der Waals surface area contributed by atoms with Gasteiger partial charge in [-0.25, -0.2) is 9.78 Å². The van der Waals surface area contributed by atoms with Gasteiger partial charge in [-0.15, -0.1) is 0 Å². The second-order valence-corrected chi connectivity index (χ2v) is 7.71. The summed E-state index contributed by atoms with van der Waals surface area (Å²) in [6.07, 6.45) is 0. The van der Waals surface area contributed by atoms with Crippen LogP contribution in [0.3, 0.4) is 0 Å². The molecule has 0 aliphatic carbocycles. The van der Waals surface area contributed by atoms with E-state index in [-0.39, 0.29) is 11.9 Å². The van der Waals surface area contributed by atoms with E-state index in [0.29, 0.717) is 18.2 Å². The molecule has 0 saturated carbocycles. The predicted molar refractivity (Wildman–Crippen MR) is 108 cm³/mol. The van der Waals surface area contributed by atoms with Gasteiger partial charge in [-0.05, 0) is 43.3 Å². The van der Waals surface area contributed by atoms with Crippen LogP contribution in [-0.4, -0.2) is 51.8 Å². The number of amides is 3. The van der Waals surface area contributed by atoms with E-state index >= 15 is 0 Å². The minimum atomic E-state index is -0.447. The molecule has 1 aromatic heterocycles. The molecule has 1 saturated heterocycles. The number of rotatable bonds is 5. The average Bonchev–Trinajstić information content (AvgIpc) is 3.30. The summed E-state index contributed by atoms with van der Waals surface area (Å²) in [5, 5.41) is 2.92. The molecule has 4 rings (SSSR count). The van der Waals surface area contributed by atoms with Gasteiger partial charge in [0.25, 0.3) is 0 Å².